The van der Waals surface area contributed by atoms with E-state index in [0.29, 0.717) is 23.5 Å². The summed E-state index contributed by atoms with van der Waals surface area (Å²) < 4.78 is 6.09. The highest BCUT2D eigenvalue weighted by Crippen LogP contribution is 2.34. The van der Waals surface area contributed by atoms with Crippen molar-refractivity contribution in [2.45, 2.75) is 6.54 Å². The fraction of sp³-hybridized carbons (Fsp3) is 0.103. The lowest BCUT2D eigenvalue weighted by Crippen LogP contribution is -2.46. The Bertz CT molecular complexity index is 1330. The lowest BCUT2D eigenvalue weighted by Gasteiger charge is -2.37. The fourth-order valence-electron chi connectivity index (χ4n) is 4.13. The molecule has 1 heterocycles. The van der Waals surface area contributed by atoms with E-state index in [1.165, 1.54) is 0 Å². The topological polar surface area (TPSA) is 61.9 Å². The van der Waals surface area contributed by atoms with E-state index in [1.807, 2.05) is 101 Å². The van der Waals surface area contributed by atoms with Crippen LogP contribution in [0.15, 0.2) is 109 Å². The van der Waals surface area contributed by atoms with E-state index in [0.717, 1.165) is 16.9 Å². The predicted molar refractivity (Wildman–Crippen MR) is 138 cm³/mol. The minimum absolute atomic E-state index is 0.00809. The lowest BCUT2D eigenvalue weighted by atomic mass is 10.1. The Morgan fingerprint density at radius 3 is 2.17 bits per heavy atom. The molecule has 1 aliphatic heterocycles. The molecule has 0 bridgehead atoms. The molecule has 174 valence electrons. The normalized spacial score (nSPS) is 12.7. The van der Waals surface area contributed by atoms with Crippen molar-refractivity contribution >= 4 is 28.9 Å². The van der Waals surface area contributed by atoms with Crippen LogP contribution >= 0.6 is 0 Å². The lowest BCUT2D eigenvalue weighted by molar-refractivity contribution is -0.117. The molecule has 1 aliphatic rings. The molecular formula is C29H25N3O3. The predicted octanol–water partition coefficient (Wildman–Crippen LogP) is 5.33. The molecule has 0 saturated heterocycles. The first-order chi connectivity index (χ1) is 17.2. The third-order valence-corrected chi connectivity index (χ3v) is 5.86. The summed E-state index contributed by atoms with van der Waals surface area (Å²) in [5.41, 5.74) is 3.96. The highest BCUT2D eigenvalue weighted by molar-refractivity contribution is 6.06. The molecule has 35 heavy (non-hydrogen) atoms. The summed E-state index contributed by atoms with van der Waals surface area (Å²) in [5.74, 6) is 0.194. The van der Waals surface area contributed by atoms with Gasteiger partial charge in [-0.2, -0.15) is 0 Å². The number of rotatable bonds is 7. The Hall–Kier alpha value is -4.58. The molecule has 0 fully saturated rings. The Kier molecular flexibility index (Phi) is 6.44. The van der Waals surface area contributed by atoms with Gasteiger partial charge in [0.25, 0.3) is 5.91 Å². The molecule has 0 aliphatic carbocycles. The molecule has 0 spiro atoms. The van der Waals surface area contributed by atoms with Gasteiger partial charge in [-0.15, -0.1) is 0 Å². The van der Waals surface area contributed by atoms with Gasteiger partial charge >= 0.3 is 0 Å². The second-order valence-corrected chi connectivity index (χ2v) is 8.24. The minimum atomic E-state index is -0.254. The average Bonchev–Trinajstić information content (AvgIpc) is 2.90. The number of amides is 2. The van der Waals surface area contributed by atoms with Crippen LogP contribution in [0.25, 0.3) is 0 Å². The van der Waals surface area contributed by atoms with Gasteiger partial charge in [0.15, 0.2) is 6.73 Å². The third-order valence-electron chi connectivity index (χ3n) is 5.86. The molecule has 0 aromatic heterocycles. The van der Waals surface area contributed by atoms with Crippen molar-refractivity contribution in [1.29, 1.82) is 0 Å². The maximum absolute atomic E-state index is 13.1. The number of fused-ring (bicyclic) bond motifs is 1. The molecule has 6 heteroatoms. The van der Waals surface area contributed by atoms with Gasteiger partial charge < -0.3 is 19.9 Å². The number of nitrogens with zero attached hydrogens (tertiary/aromatic N) is 2. The first-order valence-corrected chi connectivity index (χ1v) is 11.5. The molecular weight excluding hydrogens is 438 g/mol. The average molecular weight is 464 g/mol. The molecule has 0 unspecified atom stereocenters. The standard InChI is InChI=1S/C29H25N3O3/c33-28-20-31(25-16-8-9-17-26(25)32(28)19-22-11-3-1-4-12-22)21-35-27-18-10-7-15-24(27)29(34)30-23-13-5-2-6-14-23/h1-18H,19-21H2,(H,30,34). The van der Waals surface area contributed by atoms with Crippen LogP contribution in [0.2, 0.25) is 0 Å². The number of anilines is 3. The van der Waals surface area contributed by atoms with Crippen LogP contribution in [0.3, 0.4) is 0 Å². The van der Waals surface area contributed by atoms with Crippen LogP contribution < -0.4 is 19.9 Å². The van der Waals surface area contributed by atoms with Crippen molar-refractivity contribution in [2.75, 3.05) is 28.4 Å². The first kappa shape index (κ1) is 22.2. The summed E-state index contributed by atoms with van der Waals surface area (Å²) in [6.07, 6.45) is 0. The largest absolute Gasteiger partial charge is 0.472 e. The number of carbonyl (C=O) groups is 2. The molecule has 5 rings (SSSR count). The fourth-order valence-corrected chi connectivity index (χ4v) is 4.13. The molecule has 4 aromatic carbocycles. The van der Waals surface area contributed by atoms with Crippen LogP contribution in [-0.4, -0.2) is 25.1 Å². The van der Waals surface area contributed by atoms with Crippen molar-refractivity contribution in [3.63, 3.8) is 0 Å². The summed E-state index contributed by atoms with van der Waals surface area (Å²) in [6, 6.07) is 34.2. The highest BCUT2D eigenvalue weighted by atomic mass is 16.5. The van der Waals surface area contributed by atoms with Crippen molar-refractivity contribution < 1.29 is 14.3 Å². The van der Waals surface area contributed by atoms with Gasteiger partial charge in [0, 0.05) is 5.69 Å². The second kappa shape index (κ2) is 10.1. The van der Waals surface area contributed by atoms with Crippen molar-refractivity contribution in [1.82, 2.24) is 0 Å². The van der Waals surface area contributed by atoms with E-state index in [1.54, 1.807) is 18.2 Å². The summed E-state index contributed by atoms with van der Waals surface area (Å²) >= 11 is 0. The van der Waals surface area contributed by atoms with E-state index in [-0.39, 0.29) is 25.1 Å². The summed E-state index contributed by atoms with van der Waals surface area (Å²) in [5, 5.41) is 2.89. The van der Waals surface area contributed by atoms with Crippen LogP contribution in [-0.2, 0) is 11.3 Å². The molecule has 1 N–H and O–H groups in total. The van der Waals surface area contributed by atoms with Gasteiger partial charge in [-0.05, 0) is 42.0 Å². The summed E-state index contributed by atoms with van der Waals surface area (Å²) in [6.45, 7) is 0.827. The monoisotopic (exact) mass is 463 g/mol. The van der Waals surface area contributed by atoms with Crippen molar-refractivity contribution in [2.24, 2.45) is 0 Å². The van der Waals surface area contributed by atoms with Gasteiger partial charge in [-0.25, -0.2) is 0 Å². The Morgan fingerprint density at radius 2 is 1.40 bits per heavy atom. The molecule has 2 amide bonds. The Morgan fingerprint density at radius 1 is 0.771 bits per heavy atom. The van der Waals surface area contributed by atoms with Crippen LogP contribution in [0.5, 0.6) is 5.75 Å². The first-order valence-electron chi connectivity index (χ1n) is 11.5. The number of hydrogen-bond donors (Lipinski definition) is 1. The Labute approximate surface area is 204 Å². The van der Waals surface area contributed by atoms with E-state index < -0.39 is 0 Å². The van der Waals surface area contributed by atoms with Gasteiger partial charge in [-0.1, -0.05) is 72.8 Å². The van der Waals surface area contributed by atoms with E-state index in [2.05, 4.69) is 5.32 Å². The SMILES string of the molecule is O=C(Nc1ccccc1)c1ccccc1OCN1CC(=O)N(Cc2ccccc2)c2ccccc21. The van der Waals surface area contributed by atoms with Gasteiger partial charge in [0.05, 0.1) is 23.5 Å². The molecule has 4 aromatic rings. The number of hydrogen-bond acceptors (Lipinski definition) is 4. The van der Waals surface area contributed by atoms with E-state index in [9.17, 15) is 9.59 Å². The number of benzene rings is 4. The zero-order valence-electron chi connectivity index (χ0n) is 19.1. The second-order valence-electron chi connectivity index (χ2n) is 8.24. The van der Waals surface area contributed by atoms with Crippen LogP contribution in [0.1, 0.15) is 15.9 Å². The van der Waals surface area contributed by atoms with Gasteiger partial charge in [0.2, 0.25) is 5.91 Å². The highest BCUT2D eigenvalue weighted by Gasteiger charge is 2.29. The number of para-hydroxylation sites is 4. The van der Waals surface area contributed by atoms with Gasteiger partial charge in [-0.3, -0.25) is 9.59 Å². The van der Waals surface area contributed by atoms with Crippen LogP contribution in [0.4, 0.5) is 17.1 Å². The number of carbonyl (C=O) groups excluding carboxylic acids is 2. The molecule has 0 atom stereocenters. The molecule has 0 radical (unpaired) electrons. The summed E-state index contributed by atoms with van der Waals surface area (Å²) in [4.78, 5) is 29.7. The number of nitrogens with one attached hydrogen (secondary N) is 1. The van der Waals surface area contributed by atoms with Crippen molar-refractivity contribution in [3.8, 4) is 5.75 Å². The summed E-state index contributed by atoms with van der Waals surface area (Å²) in [7, 11) is 0. The maximum atomic E-state index is 13.1. The maximum Gasteiger partial charge on any atom is 0.259 e. The zero-order chi connectivity index (χ0) is 24.0. The smallest absolute Gasteiger partial charge is 0.259 e. The molecule has 6 nitrogen and oxygen atoms in total. The zero-order valence-corrected chi connectivity index (χ0v) is 19.1. The van der Waals surface area contributed by atoms with Crippen molar-refractivity contribution in [3.05, 3.63) is 120 Å². The van der Waals surface area contributed by atoms with Crippen LogP contribution in [0, 0.1) is 0 Å². The van der Waals surface area contributed by atoms with E-state index in [4.69, 9.17) is 4.74 Å². The Balaban J connectivity index is 1.33. The minimum Gasteiger partial charge on any atom is -0.472 e. The molecule has 0 saturated carbocycles. The third kappa shape index (κ3) is 5.01. The quantitative estimate of drug-likeness (QED) is 0.403. The number of ether oxygens (including phenoxy) is 1. The van der Waals surface area contributed by atoms with E-state index >= 15 is 0 Å². The van der Waals surface area contributed by atoms with Gasteiger partial charge in [0.1, 0.15) is 12.3 Å².